The van der Waals surface area contributed by atoms with Gasteiger partial charge in [0.05, 0.1) is 11.8 Å². The van der Waals surface area contributed by atoms with Gasteiger partial charge in [-0.25, -0.2) is 4.79 Å². The fraction of sp³-hybridized carbons (Fsp3) is 0.407. The summed E-state index contributed by atoms with van der Waals surface area (Å²) in [6.07, 6.45) is -1.16. The highest BCUT2D eigenvalue weighted by atomic mass is 19.4. The summed E-state index contributed by atoms with van der Waals surface area (Å²) in [7, 11) is 0. The molecule has 0 atom stereocenters. The Bertz CT molecular complexity index is 1100. The molecule has 2 aromatic rings. The summed E-state index contributed by atoms with van der Waals surface area (Å²) in [6.45, 7) is 3.94. The maximum Gasteiger partial charge on any atom is 0.391 e. The number of nitrogens with two attached hydrogens (primary N) is 2. The lowest BCUT2D eigenvalue weighted by Gasteiger charge is -2.28. The highest BCUT2D eigenvalue weighted by molar-refractivity contribution is 5.87. The minimum absolute atomic E-state index is 0.0619. The second-order valence-electron chi connectivity index (χ2n) is 9.75. The van der Waals surface area contributed by atoms with Gasteiger partial charge in [-0.05, 0) is 67.2 Å². The Morgan fingerprint density at radius 2 is 1.64 bits per heavy atom. The van der Waals surface area contributed by atoms with Gasteiger partial charge >= 0.3 is 18.1 Å². The molecule has 0 aromatic heterocycles. The molecule has 9 heteroatoms. The highest BCUT2D eigenvalue weighted by Crippen LogP contribution is 2.40. The van der Waals surface area contributed by atoms with Gasteiger partial charge in [-0.1, -0.05) is 32.0 Å². The first kappa shape index (κ1) is 27.1. The van der Waals surface area contributed by atoms with Crippen LogP contribution < -0.4 is 16.2 Å². The summed E-state index contributed by atoms with van der Waals surface area (Å²) in [5, 5.41) is 0. The van der Waals surface area contributed by atoms with Gasteiger partial charge in [0.15, 0.2) is 0 Å². The smallest absolute Gasteiger partial charge is 0.391 e. The van der Waals surface area contributed by atoms with Gasteiger partial charge in [0.25, 0.3) is 0 Å². The molecule has 6 nitrogen and oxygen atoms in total. The van der Waals surface area contributed by atoms with Crippen LogP contribution in [0.1, 0.15) is 50.7 Å². The van der Waals surface area contributed by atoms with E-state index in [2.05, 4.69) is 0 Å². The van der Waals surface area contributed by atoms with Crippen LogP contribution in [-0.2, 0) is 19.7 Å². The van der Waals surface area contributed by atoms with Crippen molar-refractivity contribution in [1.82, 2.24) is 0 Å². The van der Waals surface area contributed by atoms with Gasteiger partial charge in [0, 0.05) is 22.9 Å². The predicted octanol–water partition coefficient (Wildman–Crippen LogP) is 5.66. The summed E-state index contributed by atoms with van der Waals surface area (Å²) >= 11 is 0. The van der Waals surface area contributed by atoms with Crippen LogP contribution in [-0.4, -0.2) is 24.7 Å². The summed E-state index contributed by atoms with van der Waals surface area (Å²) in [5.74, 6) is -2.64. The number of carbonyl (C=O) groups is 2. The van der Waals surface area contributed by atoms with Crippen LogP contribution in [0.4, 0.5) is 24.5 Å². The van der Waals surface area contributed by atoms with Gasteiger partial charge in [0.1, 0.15) is 12.4 Å². The van der Waals surface area contributed by atoms with E-state index in [1.54, 1.807) is 42.5 Å². The van der Waals surface area contributed by atoms with Crippen molar-refractivity contribution in [2.45, 2.75) is 51.1 Å². The maximum absolute atomic E-state index is 12.8. The average Bonchev–Trinajstić information content (AvgIpc) is 2.81. The Labute approximate surface area is 208 Å². The molecular formula is C27H31F3N2O4. The van der Waals surface area contributed by atoms with Crippen LogP contribution in [0, 0.1) is 11.8 Å². The monoisotopic (exact) mass is 504 g/mol. The van der Waals surface area contributed by atoms with Crippen LogP contribution in [0.3, 0.4) is 0 Å². The van der Waals surface area contributed by atoms with Crippen molar-refractivity contribution in [2.75, 3.05) is 18.1 Å². The van der Waals surface area contributed by atoms with Gasteiger partial charge in [-0.15, -0.1) is 0 Å². The molecule has 4 N–H and O–H groups in total. The molecule has 0 bridgehead atoms. The van der Waals surface area contributed by atoms with E-state index in [1.807, 2.05) is 19.9 Å². The molecule has 0 radical (unpaired) electrons. The van der Waals surface area contributed by atoms with Crippen molar-refractivity contribution in [1.29, 1.82) is 0 Å². The number of hydrogen-bond acceptors (Lipinski definition) is 6. The first-order valence-electron chi connectivity index (χ1n) is 11.7. The van der Waals surface area contributed by atoms with E-state index >= 15 is 0 Å². The molecule has 0 saturated heterocycles. The molecule has 1 saturated carbocycles. The standard InChI is InChI=1S/C27H31F3N2O4/c1-26(2,22-13-10-20(31)15-23(22)32)16-35-24(33)14-5-17-3-11-21(12-4-17)36-25(34)18-6-8-19(9-7-18)27(28,29)30/h3-5,10-15,18-19H,6-9,16,31-32H2,1-2H3. The molecule has 0 amide bonds. The van der Waals surface area contributed by atoms with E-state index in [9.17, 15) is 22.8 Å². The number of carbonyl (C=O) groups excluding carboxylic acids is 2. The molecule has 36 heavy (non-hydrogen) atoms. The SMILES string of the molecule is CC(C)(COC(=O)C=Cc1ccc(OC(=O)C2CCC(C(F)(F)F)CC2)cc1)c1ccc(N)cc1N. The Morgan fingerprint density at radius 1 is 1.00 bits per heavy atom. The number of esters is 2. The van der Waals surface area contributed by atoms with Crippen LogP contribution in [0.5, 0.6) is 5.75 Å². The predicted molar refractivity (Wildman–Crippen MR) is 132 cm³/mol. The fourth-order valence-electron chi connectivity index (χ4n) is 4.24. The molecular weight excluding hydrogens is 473 g/mol. The minimum Gasteiger partial charge on any atom is -0.462 e. The number of halogens is 3. The summed E-state index contributed by atoms with van der Waals surface area (Å²) in [6, 6.07) is 11.7. The molecule has 1 fully saturated rings. The number of hydrogen-bond donors (Lipinski definition) is 2. The first-order valence-corrected chi connectivity index (χ1v) is 11.7. The lowest BCUT2D eigenvalue weighted by atomic mass is 9.82. The fourth-order valence-corrected chi connectivity index (χ4v) is 4.24. The molecule has 0 aliphatic heterocycles. The zero-order valence-electron chi connectivity index (χ0n) is 20.3. The van der Waals surface area contributed by atoms with E-state index in [-0.39, 0.29) is 32.3 Å². The van der Waals surface area contributed by atoms with E-state index in [4.69, 9.17) is 20.9 Å². The molecule has 194 valence electrons. The second-order valence-corrected chi connectivity index (χ2v) is 9.75. The van der Waals surface area contributed by atoms with Gasteiger partial charge in [0.2, 0.25) is 0 Å². The van der Waals surface area contributed by atoms with Crippen molar-refractivity contribution >= 4 is 29.4 Å². The Hall–Kier alpha value is -3.49. The van der Waals surface area contributed by atoms with E-state index in [0.717, 1.165) is 5.56 Å². The quantitative estimate of drug-likeness (QED) is 0.218. The topological polar surface area (TPSA) is 105 Å². The normalized spacial score (nSPS) is 18.7. The average molecular weight is 505 g/mol. The number of ether oxygens (including phenoxy) is 2. The lowest BCUT2D eigenvalue weighted by molar-refractivity contribution is -0.185. The second kappa shape index (κ2) is 11.1. The molecule has 0 spiro atoms. The van der Waals surface area contributed by atoms with Crippen LogP contribution in [0.15, 0.2) is 48.5 Å². The number of nitrogen functional groups attached to an aromatic ring is 2. The third-order valence-electron chi connectivity index (χ3n) is 6.41. The van der Waals surface area contributed by atoms with Gasteiger partial charge in [-0.2, -0.15) is 13.2 Å². The van der Waals surface area contributed by atoms with Crippen molar-refractivity contribution in [3.05, 3.63) is 59.7 Å². The Balaban J connectivity index is 1.48. The van der Waals surface area contributed by atoms with Crippen LogP contribution in [0.25, 0.3) is 6.08 Å². The Morgan fingerprint density at radius 3 is 2.22 bits per heavy atom. The van der Waals surface area contributed by atoms with Gasteiger partial charge in [-0.3, -0.25) is 4.79 Å². The molecule has 1 aliphatic carbocycles. The van der Waals surface area contributed by atoms with E-state index < -0.39 is 35.4 Å². The highest BCUT2D eigenvalue weighted by Gasteiger charge is 2.42. The summed E-state index contributed by atoms with van der Waals surface area (Å²) < 4.78 is 49.1. The number of benzene rings is 2. The third kappa shape index (κ3) is 7.26. The molecule has 1 aliphatic rings. The van der Waals surface area contributed by atoms with Crippen molar-refractivity contribution in [2.24, 2.45) is 11.8 Å². The number of alkyl halides is 3. The molecule has 2 aromatic carbocycles. The molecule has 0 unspecified atom stereocenters. The largest absolute Gasteiger partial charge is 0.462 e. The summed E-state index contributed by atoms with van der Waals surface area (Å²) in [4.78, 5) is 24.5. The van der Waals surface area contributed by atoms with Crippen molar-refractivity contribution < 1.29 is 32.2 Å². The zero-order valence-corrected chi connectivity index (χ0v) is 20.3. The first-order chi connectivity index (χ1) is 16.8. The van der Waals surface area contributed by atoms with E-state index in [0.29, 0.717) is 22.7 Å². The van der Waals surface area contributed by atoms with E-state index in [1.165, 1.54) is 6.08 Å². The van der Waals surface area contributed by atoms with Crippen LogP contribution >= 0.6 is 0 Å². The number of anilines is 2. The zero-order chi connectivity index (χ0) is 26.5. The third-order valence-corrected chi connectivity index (χ3v) is 6.41. The van der Waals surface area contributed by atoms with Gasteiger partial charge < -0.3 is 20.9 Å². The van der Waals surface area contributed by atoms with Crippen molar-refractivity contribution in [3.63, 3.8) is 0 Å². The minimum atomic E-state index is -4.22. The molecule has 0 heterocycles. The maximum atomic E-state index is 12.8. The lowest BCUT2D eigenvalue weighted by Crippen LogP contribution is -2.31. The van der Waals surface area contributed by atoms with Crippen molar-refractivity contribution in [3.8, 4) is 5.75 Å². The number of rotatable bonds is 7. The Kier molecular flexibility index (Phi) is 8.32. The van der Waals surface area contributed by atoms with Crippen LogP contribution in [0.2, 0.25) is 0 Å². The summed E-state index contributed by atoms with van der Waals surface area (Å²) in [5.41, 5.74) is 13.9. The molecule has 3 rings (SSSR count).